The van der Waals surface area contributed by atoms with Gasteiger partial charge in [0.05, 0.1) is 4.90 Å². The molecule has 0 saturated heterocycles. The number of rotatable bonds is 4. The van der Waals surface area contributed by atoms with E-state index in [2.05, 4.69) is 25.5 Å². The highest BCUT2D eigenvalue weighted by Crippen LogP contribution is 2.23. The molecule has 4 heteroatoms. The van der Waals surface area contributed by atoms with Crippen LogP contribution in [0.2, 0.25) is 0 Å². The molecule has 21 heavy (non-hydrogen) atoms. The quantitative estimate of drug-likeness (QED) is 0.940. The highest BCUT2D eigenvalue weighted by atomic mass is 32.2. The zero-order valence-corrected chi connectivity index (χ0v) is 13.4. The van der Waals surface area contributed by atoms with E-state index in [1.807, 2.05) is 42.5 Å². The molecule has 0 heterocycles. The third-order valence-electron chi connectivity index (χ3n) is 3.34. The largest absolute Gasteiger partial charge is 0.240 e. The van der Waals surface area contributed by atoms with Crippen molar-refractivity contribution in [2.45, 2.75) is 37.6 Å². The van der Waals surface area contributed by atoms with Crippen LogP contribution in [0.15, 0.2) is 59.5 Å². The van der Waals surface area contributed by atoms with Gasteiger partial charge < -0.3 is 0 Å². The summed E-state index contributed by atoms with van der Waals surface area (Å²) in [4.78, 5) is 0.298. The summed E-state index contributed by atoms with van der Waals surface area (Å²) in [7, 11) is -3.47. The Balaban J connectivity index is 2.13. The lowest BCUT2D eigenvalue weighted by atomic mass is 9.87. The van der Waals surface area contributed by atoms with Crippen LogP contribution in [0.25, 0.3) is 0 Å². The minimum absolute atomic E-state index is 0.0136. The molecule has 0 aliphatic rings. The molecule has 0 fully saturated rings. The molecule has 0 atom stereocenters. The fourth-order valence-corrected chi connectivity index (χ4v) is 3.01. The van der Waals surface area contributed by atoms with Crippen LogP contribution in [0.5, 0.6) is 0 Å². The summed E-state index contributed by atoms with van der Waals surface area (Å²) in [6, 6.07) is 16.5. The molecule has 0 radical (unpaired) electrons. The summed E-state index contributed by atoms with van der Waals surface area (Å²) < 4.78 is 27.1. The van der Waals surface area contributed by atoms with E-state index in [0.717, 1.165) is 11.1 Å². The highest BCUT2D eigenvalue weighted by molar-refractivity contribution is 7.89. The molecule has 0 aromatic heterocycles. The zero-order valence-electron chi connectivity index (χ0n) is 12.6. The molecule has 1 N–H and O–H groups in total. The summed E-state index contributed by atoms with van der Waals surface area (Å²) in [6.07, 6.45) is 0. The fourth-order valence-electron chi connectivity index (χ4n) is 1.99. The van der Waals surface area contributed by atoms with Crippen LogP contribution in [0.3, 0.4) is 0 Å². The van der Waals surface area contributed by atoms with Crippen LogP contribution in [-0.4, -0.2) is 8.42 Å². The van der Waals surface area contributed by atoms with Crippen molar-refractivity contribution >= 4 is 10.0 Å². The second-order valence-corrected chi connectivity index (χ2v) is 7.85. The van der Waals surface area contributed by atoms with E-state index in [1.165, 1.54) is 0 Å². The van der Waals surface area contributed by atoms with Crippen molar-refractivity contribution in [1.82, 2.24) is 4.72 Å². The Bertz CT molecular complexity index is 684. The van der Waals surface area contributed by atoms with Crippen LogP contribution in [0, 0.1) is 0 Å². The maximum Gasteiger partial charge on any atom is 0.240 e. The molecular weight excluding hydrogens is 282 g/mol. The van der Waals surface area contributed by atoms with E-state index in [4.69, 9.17) is 0 Å². The van der Waals surface area contributed by atoms with E-state index in [-0.39, 0.29) is 5.41 Å². The minimum atomic E-state index is -3.47. The molecule has 0 aliphatic heterocycles. The lowest BCUT2D eigenvalue weighted by molar-refractivity contribution is 0.578. The Kier molecular flexibility index (Phi) is 4.49. The number of hydrogen-bond donors (Lipinski definition) is 1. The van der Waals surface area contributed by atoms with Gasteiger partial charge in [-0.05, 0) is 28.7 Å². The van der Waals surface area contributed by atoms with E-state index in [9.17, 15) is 8.42 Å². The predicted molar refractivity (Wildman–Crippen MR) is 85.6 cm³/mol. The third-order valence-corrected chi connectivity index (χ3v) is 4.76. The topological polar surface area (TPSA) is 46.2 Å². The Hall–Kier alpha value is -1.65. The average Bonchev–Trinajstić information content (AvgIpc) is 2.46. The molecule has 2 aromatic rings. The zero-order chi connectivity index (χ0) is 15.5. The molecule has 3 nitrogen and oxygen atoms in total. The molecule has 0 spiro atoms. The normalized spacial score (nSPS) is 12.3. The summed E-state index contributed by atoms with van der Waals surface area (Å²) in [6.45, 7) is 6.60. The molecule has 0 unspecified atom stereocenters. The summed E-state index contributed by atoms with van der Waals surface area (Å²) in [5.74, 6) is 0. The molecule has 2 rings (SSSR count). The lowest BCUT2D eigenvalue weighted by Crippen LogP contribution is -2.23. The van der Waals surface area contributed by atoms with Gasteiger partial charge in [0.1, 0.15) is 0 Å². The molecule has 0 aliphatic carbocycles. The van der Waals surface area contributed by atoms with Gasteiger partial charge in [-0.2, -0.15) is 0 Å². The fraction of sp³-hybridized carbons (Fsp3) is 0.294. The van der Waals surface area contributed by atoms with Crippen LogP contribution in [0.4, 0.5) is 0 Å². The van der Waals surface area contributed by atoms with Crippen LogP contribution >= 0.6 is 0 Å². The van der Waals surface area contributed by atoms with Gasteiger partial charge in [-0.25, -0.2) is 13.1 Å². The van der Waals surface area contributed by atoms with E-state index in [1.54, 1.807) is 12.1 Å². The van der Waals surface area contributed by atoms with Gasteiger partial charge in [0, 0.05) is 6.54 Å². The summed E-state index contributed by atoms with van der Waals surface area (Å²) >= 11 is 0. The van der Waals surface area contributed by atoms with Gasteiger partial charge in [-0.15, -0.1) is 0 Å². The number of nitrogens with one attached hydrogen (secondary N) is 1. The van der Waals surface area contributed by atoms with Crippen LogP contribution < -0.4 is 4.72 Å². The van der Waals surface area contributed by atoms with Crippen molar-refractivity contribution in [2.75, 3.05) is 0 Å². The highest BCUT2D eigenvalue weighted by Gasteiger charge is 2.17. The van der Waals surface area contributed by atoms with Gasteiger partial charge >= 0.3 is 0 Å². The van der Waals surface area contributed by atoms with Crippen molar-refractivity contribution in [3.63, 3.8) is 0 Å². The number of hydrogen-bond acceptors (Lipinski definition) is 2. The van der Waals surface area contributed by atoms with Gasteiger partial charge in [0.15, 0.2) is 0 Å². The SMILES string of the molecule is CC(C)(C)c1ccc(S(=O)(=O)NCc2ccccc2)cc1. The number of benzene rings is 2. The van der Waals surface area contributed by atoms with Gasteiger partial charge in [0.2, 0.25) is 10.0 Å². The molecule has 0 amide bonds. The van der Waals surface area contributed by atoms with Crippen molar-refractivity contribution in [3.8, 4) is 0 Å². The maximum atomic E-state index is 12.3. The second-order valence-electron chi connectivity index (χ2n) is 6.08. The Morgan fingerprint density at radius 1 is 0.905 bits per heavy atom. The van der Waals surface area contributed by atoms with E-state index in [0.29, 0.717) is 11.4 Å². The first-order valence-electron chi connectivity index (χ1n) is 6.93. The van der Waals surface area contributed by atoms with E-state index < -0.39 is 10.0 Å². The Morgan fingerprint density at radius 2 is 1.48 bits per heavy atom. The molecule has 0 bridgehead atoms. The van der Waals surface area contributed by atoms with Crippen molar-refractivity contribution in [2.24, 2.45) is 0 Å². The molecular formula is C17H21NO2S. The molecule has 112 valence electrons. The molecule has 2 aromatic carbocycles. The smallest absolute Gasteiger partial charge is 0.207 e. The first-order valence-corrected chi connectivity index (χ1v) is 8.41. The Morgan fingerprint density at radius 3 is 2.00 bits per heavy atom. The molecule has 0 saturated carbocycles. The number of sulfonamides is 1. The summed E-state index contributed by atoms with van der Waals surface area (Å²) in [5.41, 5.74) is 2.07. The third kappa shape index (κ3) is 4.16. The first-order chi connectivity index (χ1) is 9.79. The van der Waals surface area contributed by atoms with Crippen molar-refractivity contribution < 1.29 is 8.42 Å². The van der Waals surface area contributed by atoms with Crippen molar-refractivity contribution in [1.29, 1.82) is 0 Å². The van der Waals surface area contributed by atoms with Crippen LogP contribution in [-0.2, 0) is 22.0 Å². The Labute approximate surface area is 127 Å². The standard InChI is InChI=1S/C17H21NO2S/c1-17(2,3)15-9-11-16(12-10-15)21(19,20)18-13-14-7-5-4-6-8-14/h4-12,18H,13H2,1-3H3. The van der Waals surface area contributed by atoms with E-state index >= 15 is 0 Å². The monoisotopic (exact) mass is 303 g/mol. The maximum absolute atomic E-state index is 12.3. The average molecular weight is 303 g/mol. The van der Waals surface area contributed by atoms with Gasteiger partial charge in [-0.1, -0.05) is 63.2 Å². The lowest BCUT2D eigenvalue weighted by Gasteiger charge is -2.19. The van der Waals surface area contributed by atoms with Gasteiger partial charge in [-0.3, -0.25) is 0 Å². The minimum Gasteiger partial charge on any atom is -0.207 e. The predicted octanol–water partition coefficient (Wildman–Crippen LogP) is 3.46. The van der Waals surface area contributed by atoms with Gasteiger partial charge in [0.25, 0.3) is 0 Å². The van der Waals surface area contributed by atoms with Crippen LogP contribution in [0.1, 0.15) is 31.9 Å². The van der Waals surface area contributed by atoms with Crippen molar-refractivity contribution in [3.05, 3.63) is 65.7 Å². The first kappa shape index (κ1) is 15.7. The summed E-state index contributed by atoms with van der Waals surface area (Å²) in [5, 5.41) is 0. The second kappa shape index (κ2) is 6.00.